The van der Waals surface area contributed by atoms with E-state index in [1.807, 2.05) is 41.1 Å². The molecule has 2 aromatic heterocycles. The summed E-state index contributed by atoms with van der Waals surface area (Å²) >= 11 is 0. The molecule has 2 heterocycles. The summed E-state index contributed by atoms with van der Waals surface area (Å²) in [4.78, 5) is 4.09. The van der Waals surface area contributed by atoms with Gasteiger partial charge in [0.15, 0.2) is 0 Å². The fraction of sp³-hybridized carbons (Fsp3) is 0.133. The van der Waals surface area contributed by atoms with Crippen LogP contribution in [0, 0.1) is 0 Å². The van der Waals surface area contributed by atoms with E-state index in [4.69, 9.17) is 4.74 Å². The quantitative estimate of drug-likeness (QED) is 0.698. The second kappa shape index (κ2) is 5.02. The van der Waals surface area contributed by atoms with Gasteiger partial charge in [0, 0.05) is 6.20 Å². The van der Waals surface area contributed by atoms with Gasteiger partial charge in [-0.25, -0.2) is 4.98 Å². The Morgan fingerprint density at radius 1 is 0.944 bits per heavy atom. The SMILES string of the molecule is c1ccc(COCc2ccc3cncn3c2)cc1. The smallest absolute Gasteiger partial charge is 0.0992 e. The summed E-state index contributed by atoms with van der Waals surface area (Å²) < 4.78 is 7.70. The molecule has 0 aliphatic carbocycles. The minimum Gasteiger partial charge on any atom is -0.372 e. The van der Waals surface area contributed by atoms with E-state index in [9.17, 15) is 0 Å². The van der Waals surface area contributed by atoms with E-state index in [1.165, 1.54) is 5.56 Å². The molecule has 0 aliphatic rings. The maximum atomic E-state index is 5.70. The molecule has 3 aromatic rings. The molecule has 0 radical (unpaired) electrons. The van der Waals surface area contributed by atoms with Crippen molar-refractivity contribution >= 4 is 5.52 Å². The van der Waals surface area contributed by atoms with Gasteiger partial charge in [-0.15, -0.1) is 0 Å². The zero-order valence-corrected chi connectivity index (χ0v) is 9.99. The Kier molecular flexibility index (Phi) is 3.07. The summed E-state index contributed by atoms with van der Waals surface area (Å²) in [5, 5.41) is 0. The second-order valence-corrected chi connectivity index (χ2v) is 4.24. The van der Waals surface area contributed by atoms with Gasteiger partial charge in [0.2, 0.25) is 0 Å². The average molecular weight is 238 g/mol. The Morgan fingerprint density at radius 2 is 1.78 bits per heavy atom. The molecule has 3 rings (SSSR count). The van der Waals surface area contributed by atoms with Crippen LogP contribution < -0.4 is 0 Å². The van der Waals surface area contributed by atoms with Crippen molar-refractivity contribution in [1.82, 2.24) is 9.38 Å². The molecular formula is C15H14N2O. The van der Waals surface area contributed by atoms with Crippen LogP contribution in [0.15, 0.2) is 61.2 Å². The highest BCUT2D eigenvalue weighted by molar-refractivity contribution is 5.45. The van der Waals surface area contributed by atoms with E-state index in [0.717, 1.165) is 11.1 Å². The van der Waals surface area contributed by atoms with Crippen molar-refractivity contribution in [3.05, 3.63) is 72.3 Å². The van der Waals surface area contributed by atoms with Crippen molar-refractivity contribution in [3.63, 3.8) is 0 Å². The summed E-state index contributed by atoms with van der Waals surface area (Å²) in [7, 11) is 0. The standard InChI is InChI=1S/C15H14N2O/c1-2-4-13(5-3-1)10-18-11-14-6-7-15-8-16-12-17(15)9-14/h1-9,12H,10-11H2. The molecule has 0 saturated heterocycles. The molecule has 3 heteroatoms. The van der Waals surface area contributed by atoms with E-state index in [-0.39, 0.29) is 0 Å². The number of hydrogen-bond acceptors (Lipinski definition) is 2. The maximum Gasteiger partial charge on any atom is 0.0992 e. The van der Waals surface area contributed by atoms with Crippen LogP contribution in [-0.2, 0) is 18.0 Å². The van der Waals surface area contributed by atoms with E-state index in [1.54, 1.807) is 6.33 Å². The van der Waals surface area contributed by atoms with Gasteiger partial charge in [-0.1, -0.05) is 36.4 Å². The first-order valence-electron chi connectivity index (χ1n) is 5.94. The lowest BCUT2D eigenvalue weighted by Gasteiger charge is -2.05. The van der Waals surface area contributed by atoms with Crippen LogP contribution in [0.1, 0.15) is 11.1 Å². The molecule has 1 aromatic carbocycles. The lowest BCUT2D eigenvalue weighted by molar-refractivity contribution is 0.107. The van der Waals surface area contributed by atoms with Crippen LogP contribution in [0.5, 0.6) is 0 Å². The van der Waals surface area contributed by atoms with Crippen molar-refractivity contribution in [2.45, 2.75) is 13.2 Å². The molecular weight excluding hydrogens is 224 g/mol. The van der Waals surface area contributed by atoms with Gasteiger partial charge in [-0.05, 0) is 17.2 Å². The average Bonchev–Trinajstić information content (AvgIpc) is 2.87. The van der Waals surface area contributed by atoms with Crippen molar-refractivity contribution in [2.24, 2.45) is 0 Å². The number of fused-ring (bicyclic) bond motifs is 1. The Morgan fingerprint density at radius 3 is 2.67 bits per heavy atom. The molecule has 0 unspecified atom stereocenters. The van der Waals surface area contributed by atoms with Crippen molar-refractivity contribution in [1.29, 1.82) is 0 Å². The second-order valence-electron chi connectivity index (χ2n) is 4.24. The predicted octanol–water partition coefficient (Wildman–Crippen LogP) is 3.05. The number of aromatic nitrogens is 2. The van der Waals surface area contributed by atoms with E-state index in [0.29, 0.717) is 13.2 Å². The summed E-state index contributed by atoms with van der Waals surface area (Å²) in [5.41, 5.74) is 3.44. The molecule has 0 amide bonds. The third kappa shape index (κ3) is 2.41. The molecule has 0 N–H and O–H groups in total. The highest BCUT2D eigenvalue weighted by Gasteiger charge is 1.97. The molecule has 0 aliphatic heterocycles. The molecule has 0 saturated carbocycles. The van der Waals surface area contributed by atoms with Gasteiger partial charge in [0.25, 0.3) is 0 Å². The van der Waals surface area contributed by atoms with Crippen LogP contribution in [0.25, 0.3) is 5.52 Å². The number of hydrogen-bond donors (Lipinski definition) is 0. The number of rotatable bonds is 4. The minimum absolute atomic E-state index is 0.614. The summed E-state index contributed by atoms with van der Waals surface area (Å²) in [6.07, 6.45) is 5.69. The highest BCUT2D eigenvalue weighted by atomic mass is 16.5. The van der Waals surface area contributed by atoms with Gasteiger partial charge in [0.1, 0.15) is 0 Å². The lowest BCUT2D eigenvalue weighted by atomic mass is 10.2. The third-order valence-electron chi connectivity index (χ3n) is 2.85. The summed E-state index contributed by atoms with van der Waals surface area (Å²) in [5.74, 6) is 0. The Bertz CT molecular complexity index is 631. The molecule has 0 fully saturated rings. The maximum absolute atomic E-state index is 5.70. The molecule has 3 nitrogen and oxygen atoms in total. The Labute approximate surface area is 106 Å². The van der Waals surface area contributed by atoms with E-state index < -0.39 is 0 Å². The lowest BCUT2D eigenvalue weighted by Crippen LogP contribution is -1.95. The van der Waals surface area contributed by atoms with Gasteiger partial charge >= 0.3 is 0 Å². The monoisotopic (exact) mass is 238 g/mol. The first-order valence-corrected chi connectivity index (χ1v) is 5.94. The summed E-state index contributed by atoms with van der Waals surface area (Å²) in [6.45, 7) is 1.26. The minimum atomic E-state index is 0.614. The molecule has 0 bridgehead atoms. The number of pyridine rings is 1. The van der Waals surface area contributed by atoms with Crippen LogP contribution in [0.3, 0.4) is 0 Å². The first kappa shape index (κ1) is 11.0. The molecule has 0 spiro atoms. The highest BCUT2D eigenvalue weighted by Crippen LogP contribution is 2.08. The van der Waals surface area contributed by atoms with Gasteiger partial charge in [-0.3, -0.25) is 0 Å². The normalized spacial score (nSPS) is 10.9. The topological polar surface area (TPSA) is 26.5 Å². The van der Waals surface area contributed by atoms with Gasteiger partial charge < -0.3 is 9.14 Å². The number of imidazole rings is 1. The van der Waals surface area contributed by atoms with E-state index >= 15 is 0 Å². The first-order chi connectivity index (χ1) is 8.92. The Hall–Kier alpha value is -2.13. The zero-order chi connectivity index (χ0) is 12.2. The fourth-order valence-electron chi connectivity index (χ4n) is 1.91. The van der Waals surface area contributed by atoms with Crippen molar-refractivity contribution in [2.75, 3.05) is 0 Å². The third-order valence-corrected chi connectivity index (χ3v) is 2.85. The molecule has 90 valence electrons. The Balaban J connectivity index is 1.62. The predicted molar refractivity (Wildman–Crippen MR) is 70.1 cm³/mol. The summed E-state index contributed by atoms with van der Waals surface area (Å²) in [6, 6.07) is 14.3. The van der Waals surface area contributed by atoms with Crippen LogP contribution >= 0.6 is 0 Å². The zero-order valence-electron chi connectivity index (χ0n) is 9.99. The molecule has 18 heavy (non-hydrogen) atoms. The van der Waals surface area contributed by atoms with E-state index in [2.05, 4.69) is 23.2 Å². The number of benzene rings is 1. The van der Waals surface area contributed by atoms with Crippen LogP contribution in [0.4, 0.5) is 0 Å². The fourth-order valence-corrected chi connectivity index (χ4v) is 1.91. The van der Waals surface area contributed by atoms with Crippen molar-refractivity contribution in [3.8, 4) is 0 Å². The van der Waals surface area contributed by atoms with Crippen LogP contribution in [-0.4, -0.2) is 9.38 Å². The number of nitrogens with zero attached hydrogens (tertiary/aromatic N) is 2. The van der Waals surface area contributed by atoms with Crippen LogP contribution in [0.2, 0.25) is 0 Å². The van der Waals surface area contributed by atoms with Crippen molar-refractivity contribution < 1.29 is 4.74 Å². The largest absolute Gasteiger partial charge is 0.372 e. The number of ether oxygens (including phenoxy) is 1. The van der Waals surface area contributed by atoms with Gasteiger partial charge in [-0.2, -0.15) is 0 Å². The van der Waals surface area contributed by atoms with Gasteiger partial charge in [0.05, 0.1) is 31.3 Å². The molecule has 0 atom stereocenters.